The van der Waals surface area contributed by atoms with E-state index < -0.39 is 17.8 Å². The molecule has 0 saturated heterocycles. The van der Waals surface area contributed by atoms with Gasteiger partial charge in [0.15, 0.2) is 0 Å². The Bertz CT molecular complexity index is 515. The molecule has 2 rings (SSSR count). The van der Waals surface area contributed by atoms with Crippen LogP contribution in [-0.2, 0) is 9.59 Å². The molecule has 0 radical (unpaired) electrons. The van der Waals surface area contributed by atoms with E-state index in [9.17, 15) is 19.1 Å². The number of aliphatic carboxylic acids is 1. The number of hydrogen-bond acceptors (Lipinski definition) is 2. The summed E-state index contributed by atoms with van der Waals surface area (Å²) in [7, 11) is 0. The first-order chi connectivity index (χ1) is 10.0. The maximum absolute atomic E-state index is 13.0. The van der Waals surface area contributed by atoms with Crippen LogP contribution in [0.5, 0.6) is 0 Å². The van der Waals surface area contributed by atoms with Crippen LogP contribution in [0.15, 0.2) is 24.3 Å². The van der Waals surface area contributed by atoms with Crippen LogP contribution in [0.4, 0.5) is 10.1 Å². The monoisotopic (exact) mass is 293 g/mol. The first kappa shape index (κ1) is 15.5. The third kappa shape index (κ3) is 3.40. The second kappa shape index (κ2) is 6.70. The molecule has 21 heavy (non-hydrogen) atoms. The molecule has 1 fully saturated rings. The summed E-state index contributed by atoms with van der Waals surface area (Å²) in [5.74, 6) is -2.52. The number of nitrogens with zero attached hydrogens (tertiary/aromatic N) is 1. The molecule has 0 aliphatic heterocycles. The fourth-order valence-corrected chi connectivity index (χ4v) is 3.01. The fraction of sp³-hybridized carbons (Fsp3) is 0.500. The van der Waals surface area contributed by atoms with Gasteiger partial charge >= 0.3 is 5.97 Å². The van der Waals surface area contributed by atoms with E-state index in [2.05, 4.69) is 0 Å². The molecule has 1 aliphatic carbocycles. The van der Waals surface area contributed by atoms with E-state index in [1.54, 1.807) is 17.0 Å². The van der Waals surface area contributed by atoms with E-state index in [0.717, 1.165) is 12.8 Å². The molecule has 0 aromatic heterocycles. The third-order valence-corrected chi connectivity index (χ3v) is 4.12. The van der Waals surface area contributed by atoms with Gasteiger partial charge in [0.1, 0.15) is 5.82 Å². The number of carboxylic acids is 1. The highest BCUT2D eigenvalue weighted by Gasteiger charge is 2.37. The lowest BCUT2D eigenvalue weighted by molar-refractivity contribution is -0.148. The Kier molecular flexibility index (Phi) is 4.94. The van der Waals surface area contributed by atoms with Gasteiger partial charge in [-0.3, -0.25) is 9.59 Å². The zero-order chi connectivity index (χ0) is 15.4. The van der Waals surface area contributed by atoms with Gasteiger partial charge in [-0.15, -0.1) is 0 Å². The Morgan fingerprint density at radius 3 is 2.29 bits per heavy atom. The molecule has 2 unspecified atom stereocenters. The van der Waals surface area contributed by atoms with Gasteiger partial charge in [-0.1, -0.05) is 12.8 Å². The summed E-state index contributed by atoms with van der Waals surface area (Å²) in [6.45, 7) is 2.27. The summed E-state index contributed by atoms with van der Waals surface area (Å²) >= 11 is 0. The van der Waals surface area contributed by atoms with Crippen molar-refractivity contribution < 1.29 is 19.1 Å². The first-order valence-corrected chi connectivity index (χ1v) is 7.34. The van der Waals surface area contributed by atoms with Crippen molar-refractivity contribution in [2.45, 2.75) is 32.6 Å². The van der Waals surface area contributed by atoms with Crippen molar-refractivity contribution in [2.75, 3.05) is 11.4 Å². The molecule has 1 aliphatic rings. The quantitative estimate of drug-likeness (QED) is 0.928. The number of amides is 1. The average molecular weight is 293 g/mol. The van der Waals surface area contributed by atoms with Crippen molar-refractivity contribution in [3.8, 4) is 0 Å². The summed E-state index contributed by atoms with van der Waals surface area (Å²) in [5.41, 5.74) is 0.610. The SMILES string of the molecule is CCN(C(=O)C1CCCCC1C(=O)O)c1ccc(F)cc1. The van der Waals surface area contributed by atoms with Crippen molar-refractivity contribution in [1.29, 1.82) is 0 Å². The Morgan fingerprint density at radius 2 is 1.76 bits per heavy atom. The van der Waals surface area contributed by atoms with Gasteiger partial charge < -0.3 is 10.0 Å². The van der Waals surface area contributed by atoms with Crippen molar-refractivity contribution in [3.05, 3.63) is 30.1 Å². The van der Waals surface area contributed by atoms with Crippen LogP contribution in [0, 0.1) is 17.7 Å². The van der Waals surface area contributed by atoms with Crippen LogP contribution in [0.1, 0.15) is 32.6 Å². The molecular formula is C16H20FNO3. The van der Waals surface area contributed by atoms with Crippen molar-refractivity contribution >= 4 is 17.6 Å². The van der Waals surface area contributed by atoms with Crippen LogP contribution in [0.2, 0.25) is 0 Å². The lowest BCUT2D eigenvalue weighted by Crippen LogP contribution is -2.42. The molecule has 114 valence electrons. The Balaban J connectivity index is 2.22. The predicted molar refractivity (Wildman–Crippen MR) is 77.5 cm³/mol. The summed E-state index contributed by atoms with van der Waals surface area (Å²) < 4.78 is 13.0. The van der Waals surface area contributed by atoms with Crippen LogP contribution >= 0.6 is 0 Å². The van der Waals surface area contributed by atoms with Gasteiger partial charge in [0.25, 0.3) is 0 Å². The average Bonchev–Trinajstić information content (AvgIpc) is 2.49. The Morgan fingerprint density at radius 1 is 1.19 bits per heavy atom. The first-order valence-electron chi connectivity index (χ1n) is 7.34. The number of anilines is 1. The summed E-state index contributed by atoms with van der Waals surface area (Å²) in [5, 5.41) is 9.30. The predicted octanol–water partition coefficient (Wildman–Crippen LogP) is 3.07. The smallest absolute Gasteiger partial charge is 0.307 e. The van der Waals surface area contributed by atoms with Crippen LogP contribution in [0.3, 0.4) is 0 Å². The third-order valence-electron chi connectivity index (χ3n) is 4.12. The number of rotatable bonds is 4. The van der Waals surface area contributed by atoms with E-state index in [4.69, 9.17) is 0 Å². The molecule has 0 heterocycles. The van der Waals surface area contributed by atoms with E-state index >= 15 is 0 Å². The molecule has 0 spiro atoms. The molecule has 1 aromatic rings. The van der Waals surface area contributed by atoms with Gasteiger partial charge in [-0.25, -0.2) is 4.39 Å². The topological polar surface area (TPSA) is 57.6 Å². The minimum atomic E-state index is -0.900. The molecule has 1 saturated carbocycles. The fourth-order valence-electron chi connectivity index (χ4n) is 3.01. The maximum Gasteiger partial charge on any atom is 0.307 e. The van der Waals surface area contributed by atoms with E-state index in [-0.39, 0.29) is 11.7 Å². The van der Waals surface area contributed by atoms with Gasteiger partial charge in [0.2, 0.25) is 5.91 Å². The molecule has 2 atom stereocenters. The van der Waals surface area contributed by atoms with Gasteiger partial charge in [0, 0.05) is 12.2 Å². The minimum Gasteiger partial charge on any atom is -0.481 e. The van der Waals surface area contributed by atoms with Crippen LogP contribution < -0.4 is 4.90 Å². The lowest BCUT2D eigenvalue weighted by Gasteiger charge is -2.32. The number of carbonyl (C=O) groups excluding carboxylic acids is 1. The largest absolute Gasteiger partial charge is 0.481 e. The molecular weight excluding hydrogens is 273 g/mol. The highest BCUT2D eigenvalue weighted by Crippen LogP contribution is 2.33. The number of carboxylic acid groups (broad SMARTS) is 1. The number of halogens is 1. The Labute approximate surface area is 123 Å². The highest BCUT2D eigenvalue weighted by molar-refractivity contribution is 5.97. The van der Waals surface area contributed by atoms with Gasteiger partial charge in [-0.2, -0.15) is 0 Å². The van der Waals surface area contributed by atoms with Crippen molar-refractivity contribution in [1.82, 2.24) is 0 Å². The number of carbonyl (C=O) groups is 2. The molecule has 1 N–H and O–H groups in total. The van der Waals surface area contributed by atoms with Crippen LogP contribution in [-0.4, -0.2) is 23.5 Å². The molecule has 4 nitrogen and oxygen atoms in total. The highest BCUT2D eigenvalue weighted by atomic mass is 19.1. The molecule has 5 heteroatoms. The van der Waals surface area contributed by atoms with Crippen molar-refractivity contribution in [2.24, 2.45) is 11.8 Å². The maximum atomic E-state index is 13.0. The van der Waals surface area contributed by atoms with Gasteiger partial charge in [-0.05, 0) is 44.0 Å². The summed E-state index contributed by atoms with van der Waals surface area (Å²) in [4.78, 5) is 25.6. The van der Waals surface area contributed by atoms with Gasteiger partial charge in [0.05, 0.1) is 11.8 Å². The van der Waals surface area contributed by atoms with E-state index in [0.29, 0.717) is 25.1 Å². The molecule has 1 aromatic carbocycles. The second-order valence-corrected chi connectivity index (χ2v) is 5.39. The van der Waals surface area contributed by atoms with E-state index in [1.807, 2.05) is 6.92 Å². The molecule has 1 amide bonds. The normalized spacial score (nSPS) is 21.8. The zero-order valence-corrected chi connectivity index (χ0v) is 12.1. The standard InChI is InChI=1S/C16H20FNO3/c1-2-18(12-9-7-11(17)8-10-12)15(19)13-5-3-4-6-14(13)16(20)21/h7-10,13-14H,2-6H2,1H3,(H,20,21). The van der Waals surface area contributed by atoms with Crippen LogP contribution in [0.25, 0.3) is 0 Å². The van der Waals surface area contributed by atoms with E-state index in [1.165, 1.54) is 12.1 Å². The van der Waals surface area contributed by atoms with Crippen molar-refractivity contribution in [3.63, 3.8) is 0 Å². The minimum absolute atomic E-state index is 0.170. The summed E-state index contributed by atoms with van der Waals surface area (Å²) in [6.07, 6.45) is 2.88. The zero-order valence-electron chi connectivity index (χ0n) is 12.1. The summed E-state index contributed by atoms with van der Waals surface area (Å²) in [6, 6.07) is 5.71. The Hall–Kier alpha value is -1.91. The number of hydrogen-bond donors (Lipinski definition) is 1. The second-order valence-electron chi connectivity index (χ2n) is 5.39. The number of benzene rings is 1. The lowest BCUT2D eigenvalue weighted by atomic mass is 9.78. The molecule has 0 bridgehead atoms.